The molecule has 1 aromatic heterocycles. The van der Waals surface area contributed by atoms with Crippen molar-refractivity contribution in [2.75, 3.05) is 36.4 Å². The summed E-state index contributed by atoms with van der Waals surface area (Å²) in [6.07, 6.45) is 1.64. The Morgan fingerprint density at radius 2 is 2.00 bits per heavy atom. The van der Waals surface area contributed by atoms with Crippen LogP contribution in [0.4, 0.5) is 21.6 Å². The molecule has 0 aliphatic carbocycles. The summed E-state index contributed by atoms with van der Waals surface area (Å²) in [6, 6.07) is 6.26. The van der Waals surface area contributed by atoms with E-state index in [1.54, 1.807) is 12.3 Å². The van der Waals surface area contributed by atoms with Gasteiger partial charge in [0, 0.05) is 26.2 Å². The number of nitro benzene ring substituents is 1. The van der Waals surface area contributed by atoms with Crippen LogP contribution in [0, 0.1) is 15.9 Å². The third kappa shape index (κ3) is 4.44. The van der Waals surface area contributed by atoms with Crippen LogP contribution in [-0.4, -0.2) is 42.0 Å². The molecule has 10 heteroatoms. The van der Waals surface area contributed by atoms with Crippen molar-refractivity contribution in [3.8, 4) is 0 Å². The summed E-state index contributed by atoms with van der Waals surface area (Å²) < 4.78 is 13.2. The minimum absolute atomic E-state index is 0. The molecule has 0 spiro atoms. The van der Waals surface area contributed by atoms with E-state index in [9.17, 15) is 19.3 Å². The standard InChI is InChI=1S/C16H16FN5O3.ClH/c17-11-1-3-13(14(9-11)22(24)25)16(23)20-15-4-2-12(10-19-15)21-7-5-18-6-8-21;/h1-4,9-10,18H,5-8H2,(H,19,20,23);1H. The van der Waals surface area contributed by atoms with E-state index in [0.717, 1.165) is 50.1 Å². The lowest BCUT2D eigenvalue weighted by molar-refractivity contribution is -0.385. The number of anilines is 2. The number of rotatable bonds is 4. The van der Waals surface area contributed by atoms with Crippen LogP contribution in [0.5, 0.6) is 0 Å². The topological polar surface area (TPSA) is 100 Å². The number of benzene rings is 1. The van der Waals surface area contributed by atoms with E-state index in [1.807, 2.05) is 6.07 Å². The predicted molar refractivity (Wildman–Crippen MR) is 97.6 cm³/mol. The van der Waals surface area contributed by atoms with E-state index in [-0.39, 0.29) is 23.8 Å². The van der Waals surface area contributed by atoms with Crippen LogP contribution in [0.25, 0.3) is 0 Å². The molecule has 0 saturated carbocycles. The lowest BCUT2D eigenvalue weighted by atomic mass is 10.1. The van der Waals surface area contributed by atoms with Crippen molar-refractivity contribution in [1.82, 2.24) is 10.3 Å². The van der Waals surface area contributed by atoms with Crippen LogP contribution < -0.4 is 15.5 Å². The number of hydrogen-bond donors (Lipinski definition) is 2. The van der Waals surface area contributed by atoms with E-state index in [2.05, 4.69) is 20.5 Å². The Balaban J connectivity index is 0.00000243. The molecule has 26 heavy (non-hydrogen) atoms. The maximum absolute atomic E-state index is 13.2. The summed E-state index contributed by atoms with van der Waals surface area (Å²) in [7, 11) is 0. The fraction of sp³-hybridized carbons (Fsp3) is 0.250. The summed E-state index contributed by atoms with van der Waals surface area (Å²) in [5.74, 6) is -1.22. The van der Waals surface area contributed by atoms with E-state index in [1.165, 1.54) is 0 Å². The molecule has 138 valence electrons. The monoisotopic (exact) mass is 381 g/mol. The molecule has 2 aromatic rings. The molecule has 0 bridgehead atoms. The summed E-state index contributed by atoms with van der Waals surface area (Å²) in [5.41, 5.74) is 0.126. The molecule has 1 saturated heterocycles. The van der Waals surface area contributed by atoms with Gasteiger partial charge in [-0.15, -0.1) is 12.4 Å². The molecular formula is C16H17ClFN5O3. The number of amides is 1. The zero-order chi connectivity index (χ0) is 17.8. The Labute approximate surface area is 155 Å². The first-order chi connectivity index (χ1) is 12.0. The second-order valence-corrected chi connectivity index (χ2v) is 5.51. The lowest BCUT2D eigenvalue weighted by Gasteiger charge is -2.29. The van der Waals surface area contributed by atoms with E-state index in [4.69, 9.17) is 0 Å². The molecule has 0 unspecified atom stereocenters. The molecule has 1 aromatic carbocycles. The van der Waals surface area contributed by atoms with Crippen LogP contribution in [0.2, 0.25) is 0 Å². The van der Waals surface area contributed by atoms with E-state index in [0.29, 0.717) is 0 Å². The maximum Gasteiger partial charge on any atom is 0.285 e. The summed E-state index contributed by atoms with van der Waals surface area (Å²) in [5, 5.41) is 16.7. The molecular weight excluding hydrogens is 365 g/mol. The molecule has 2 heterocycles. The van der Waals surface area contributed by atoms with Crippen LogP contribution in [0.3, 0.4) is 0 Å². The van der Waals surface area contributed by atoms with Crippen molar-refractivity contribution in [2.24, 2.45) is 0 Å². The summed E-state index contributed by atoms with van der Waals surface area (Å²) in [4.78, 5) is 28.8. The summed E-state index contributed by atoms with van der Waals surface area (Å²) in [6.45, 7) is 3.53. The number of nitrogens with one attached hydrogen (secondary N) is 2. The second kappa shape index (κ2) is 8.54. The minimum atomic E-state index is -0.793. The predicted octanol–water partition coefficient (Wildman–Crippen LogP) is 2.21. The molecule has 1 aliphatic rings. The molecule has 3 rings (SSSR count). The highest BCUT2D eigenvalue weighted by molar-refractivity contribution is 6.06. The fourth-order valence-electron chi connectivity index (χ4n) is 2.60. The lowest BCUT2D eigenvalue weighted by Crippen LogP contribution is -2.43. The third-order valence-corrected chi connectivity index (χ3v) is 3.87. The largest absolute Gasteiger partial charge is 0.368 e. The average Bonchev–Trinajstić information content (AvgIpc) is 2.63. The van der Waals surface area contributed by atoms with Crippen LogP contribution >= 0.6 is 12.4 Å². The first-order valence-corrected chi connectivity index (χ1v) is 7.71. The van der Waals surface area contributed by atoms with Gasteiger partial charge in [-0.25, -0.2) is 9.37 Å². The highest BCUT2D eigenvalue weighted by atomic mass is 35.5. The normalized spacial score (nSPS) is 13.7. The molecule has 1 aliphatic heterocycles. The van der Waals surface area contributed by atoms with Crippen LogP contribution in [0.1, 0.15) is 10.4 Å². The number of hydrogen-bond acceptors (Lipinski definition) is 6. The van der Waals surface area contributed by atoms with Gasteiger partial charge < -0.3 is 15.5 Å². The first-order valence-electron chi connectivity index (χ1n) is 7.71. The highest BCUT2D eigenvalue weighted by Crippen LogP contribution is 2.21. The van der Waals surface area contributed by atoms with Gasteiger partial charge in [0.2, 0.25) is 0 Å². The first kappa shape index (κ1) is 19.5. The molecule has 2 N–H and O–H groups in total. The van der Waals surface area contributed by atoms with Crippen LogP contribution in [-0.2, 0) is 0 Å². The Hall–Kier alpha value is -2.78. The number of nitrogens with zero attached hydrogens (tertiary/aromatic N) is 3. The zero-order valence-electron chi connectivity index (χ0n) is 13.6. The molecule has 1 amide bonds. The van der Waals surface area contributed by atoms with Crippen LogP contribution in [0.15, 0.2) is 36.5 Å². The molecule has 0 radical (unpaired) electrons. The van der Waals surface area contributed by atoms with E-state index >= 15 is 0 Å². The van der Waals surface area contributed by atoms with Gasteiger partial charge in [0.25, 0.3) is 11.6 Å². The SMILES string of the molecule is Cl.O=C(Nc1ccc(N2CCNCC2)cn1)c1ccc(F)cc1[N+](=O)[O-]. The number of carbonyl (C=O) groups is 1. The average molecular weight is 382 g/mol. The smallest absolute Gasteiger partial charge is 0.285 e. The van der Waals surface area contributed by atoms with Gasteiger partial charge >= 0.3 is 0 Å². The summed E-state index contributed by atoms with van der Waals surface area (Å²) >= 11 is 0. The fourth-order valence-corrected chi connectivity index (χ4v) is 2.60. The number of nitro groups is 1. The Morgan fingerprint density at radius 1 is 1.27 bits per heavy atom. The van der Waals surface area contributed by atoms with Crippen molar-refractivity contribution in [1.29, 1.82) is 0 Å². The van der Waals surface area contributed by atoms with Gasteiger partial charge in [-0.3, -0.25) is 14.9 Å². The number of carbonyl (C=O) groups excluding carboxylic acids is 1. The van der Waals surface area contributed by atoms with Gasteiger partial charge in [-0.05, 0) is 24.3 Å². The zero-order valence-corrected chi connectivity index (χ0v) is 14.5. The highest BCUT2D eigenvalue weighted by Gasteiger charge is 2.21. The van der Waals surface area contributed by atoms with Gasteiger partial charge in [0.1, 0.15) is 17.2 Å². The third-order valence-electron chi connectivity index (χ3n) is 3.87. The molecule has 8 nitrogen and oxygen atoms in total. The van der Waals surface area contributed by atoms with E-state index < -0.39 is 22.3 Å². The second-order valence-electron chi connectivity index (χ2n) is 5.51. The number of aromatic nitrogens is 1. The number of piperazine rings is 1. The van der Waals surface area contributed by atoms with Gasteiger partial charge in [0.15, 0.2) is 0 Å². The van der Waals surface area contributed by atoms with Gasteiger partial charge in [-0.1, -0.05) is 0 Å². The van der Waals surface area contributed by atoms with Crippen molar-refractivity contribution >= 4 is 35.5 Å². The Kier molecular flexibility index (Phi) is 6.42. The number of halogens is 2. The Bertz CT molecular complexity index is 797. The van der Waals surface area contributed by atoms with Gasteiger partial charge in [0.05, 0.1) is 22.9 Å². The minimum Gasteiger partial charge on any atom is -0.368 e. The molecule has 1 fully saturated rings. The number of pyridine rings is 1. The molecule has 0 atom stereocenters. The van der Waals surface area contributed by atoms with Crippen molar-refractivity contribution in [2.45, 2.75) is 0 Å². The maximum atomic E-state index is 13.2. The van der Waals surface area contributed by atoms with Crippen molar-refractivity contribution < 1.29 is 14.1 Å². The van der Waals surface area contributed by atoms with Crippen molar-refractivity contribution in [3.05, 3.63) is 58.0 Å². The van der Waals surface area contributed by atoms with Gasteiger partial charge in [-0.2, -0.15) is 0 Å². The quantitative estimate of drug-likeness (QED) is 0.622. The Morgan fingerprint density at radius 3 is 2.62 bits per heavy atom. The van der Waals surface area contributed by atoms with Crippen molar-refractivity contribution in [3.63, 3.8) is 0 Å².